The number of carbonyl (C=O) groups is 1. The van der Waals surface area contributed by atoms with Gasteiger partial charge in [-0.2, -0.15) is 0 Å². The molecule has 3 rings (SSSR count). The third kappa shape index (κ3) is 4.14. The minimum atomic E-state index is -0.0855. The largest absolute Gasteiger partial charge is 0.347 e. The number of carbonyl (C=O) groups excluding carboxylic acids is 1. The van der Waals surface area contributed by atoms with Crippen LogP contribution in [0.2, 0.25) is 0 Å². The van der Waals surface area contributed by atoms with E-state index in [0.29, 0.717) is 17.1 Å². The van der Waals surface area contributed by atoms with Crippen molar-refractivity contribution in [3.63, 3.8) is 0 Å². The number of aromatic nitrogens is 2. The van der Waals surface area contributed by atoms with Crippen LogP contribution >= 0.6 is 11.5 Å². The molecule has 1 aromatic heterocycles. The van der Waals surface area contributed by atoms with Gasteiger partial charge in [0, 0.05) is 12.1 Å². The summed E-state index contributed by atoms with van der Waals surface area (Å²) < 4.78 is 3.82. The Hall–Kier alpha value is -1.79. The Morgan fingerprint density at radius 1 is 1.22 bits per heavy atom. The number of hydrogen-bond donors (Lipinski definition) is 2. The lowest BCUT2D eigenvalue weighted by Gasteiger charge is -2.24. The van der Waals surface area contributed by atoms with Gasteiger partial charge in [0.05, 0.1) is 18.8 Å². The van der Waals surface area contributed by atoms with Crippen LogP contribution in [0, 0.1) is 6.92 Å². The summed E-state index contributed by atoms with van der Waals surface area (Å²) in [7, 11) is 0. The number of quaternary nitrogens is 1. The molecule has 5 nitrogen and oxygen atoms in total. The fourth-order valence-electron chi connectivity index (χ4n) is 3.10. The van der Waals surface area contributed by atoms with Gasteiger partial charge in [-0.05, 0) is 43.3 Å². The van der Waals surface area contributed by atoms with E-state index < -0.39 is 0 Å². The third-order valence-corrected chi connectivity index (χ3v) is 5.24. The van der Waals surface area contributed by atoms with E-state index in [4.69, 9.17) is 0 Å². The standard InChI is InChI=1S/C17H22N4OS/c1-13-16(23-20-19-13)17(22)18-11-14-7-3-4-8-15(14)12-21-9-5-2-6-10-21/h3-4,7-8H,2,5-6,9-12H2,1H3,(H,18,22)/p+1. The first kappa shape index (κ1) is 16.1. The third-order valence-electron chi connectivity index (χ3n) is 4.42. The summed E-state index contributed by atoms with van der Waals surface area (Å²) >= 11 is 1.15. The first-order valence-electron chi connectivity index (χ1n) is 8.21. The second-order valence-electron chi connectivity index (χ2n) is 6.13. The van der Waals surface area contributed by atoms with Crippen LogP contribution < -0.4 is 10.2 Å². The van der Waals surface area contributed by atoms with E-state index in [-0.39, 0.29) is 5.91 Å². The number of rotatable bonds is 5. The molecule has 2 heterocycles. The summed E-state index contributed by atoms with van der Waals surface area (Å²) in [6, 6.07) is 8.41. The normalized spacial score (nSPS) is 15.5. The van der Waals surface area contributed by atoms with Gasteiger partial charge >= 0.3 is 0 Å². The molecule has 0 unspecified atom stereocenters. The SMILES string of the molecule is Cc1nnsc1C(=O)NCc1ccccc1C[NH+]1CCCCC1. The summed E-state index contributed by atoms with van der Waals surface area (Å²) in [5, 5.41) is 6.89. The fraction of sp³-hybridized carbons (Fsp3) is 0.471. The molecule has 0 bridgehead atoms. The zero-order valence-corrected chi connectivity index (χ0v) is 14.3. The fourth-order valence-corrected chi connectivity index (χ4v) is 3.67. The maximum absolute atomic E-state index is 12.2. The van der Waals surface area contributed by atoms with Gasteiger partial charge in [-0.1, -0.05) is 28.8 Å². The molecular formula is C17H23N4OS+. The van der Waals surface area contributed by atoms with Crippen LogP contribution in [0.25, 0.3) is 0 Å². The average molecular weight is 331 g/mol. The van der Waals surface area contributed by atoms with Crippen LogP contribution in [0.4, 0.5) is 0 Å². The predicted octanol–water partition coefficient (Wildman–Crippen LogP) is 1.35. The van der Waals surface area contributed by atoms with E-state index in [1.807, 2.05) is 13.0 Å². The van der Waals surface area contributed by atoms with Gasteiger partial charge in [0.25, 0.3) is 5.91 Å². The van der Waals surface area contributed by atoms with E-state index in [0.717, 1.165) is 18.1 Å². The molecule has 2 N–H and O–H groups in total. The maximum Gasteiger partial charge on any atom is 0.265 e. The molecule has 6 heteroatoms. The number of hydrogen-bond acceptors (Lipinski definition) is 4. The summed E-state index contributed by atoms with van der Waals surface area (Å²) in [6.07, 6.45) is 4.02. The summed E-state index contributed by atoms with van der Waals surface area (Å²) in [5.74, 6) is -0.0855. The first-order chi connectivity index (χ1) is 11.2. The lowest BCUT2D eigenvalue weighted by molar-refractivity contribution is -0.918. The molecule has 1 amide bonds. The van der Waals surface area contributed by atoms with Crippen molar-refractivity contribution < 1.29 is 9.69 Å². The summed E-state index contributed by atoms with van der Waals surface area (Å²) in [4.78, 5) is 14.5. The number of likely N-dealkylation sites (tertiary alicyclic amines) is 1. The molecule has 0 aliphatic carbocycles. The van der Waals surface area contributed by atoms with Crippen molar-refractivity contribution in [2.45, 2.75) is 39.3 Å². The Morgan fingerprint density at radius 3 is 2.65 bits per heavy atom. The van der Waals surface area contributed by atoms with Gasteiger partial charge in [0.2, 0.25) is 0 Å². The number of piperidine rings is 1. The molecule has 23 heavy (non-hydrogen) atoms. The van der Waals surface area contributed by atoms with E-state index in [1.54, 1.807) is 4.90 Å². The first-order valence-corrected chi connectivity index (χ1v) is 8.99. The van der Waals surface area contributed by atoms with Crippen molar-refractivity contribution in [1.82, 2.24) is 14.9 Å². The minimum Gasteiger partial charge on any atom is -0.347 e. The van der Waals surface area contributed by atoms with Gasteiger partial charge in [0.1, 0.15) is 11.4 Å². The van der Waals surface area contributed by atoms with E-state index in [9.17, 15) is 4.79 Å². The van der Waals surface area contributed by atoms with Gasteiger partial charge < -0.3 is 10.2 Å². The van der Waals surface area contributed by atoms with Crippen molar-refractivity contribution in [2.24, 2.45) is 0 Å². The molecule has 1 aliphatic heterocycles. The van der Waals surface area contributed by atoms with Gasteiger partial charge in [-0.3, -0.25) is 4.79 Å². The van der Waals surface area contributed by atoms with Crippen LogP contribution in [0.1, 0.15) is 45.8 Å². The Kier molecular flexibility index (Phi) is 5.35. The Labute approximate surface area is 140 Å². The molecule has 122 valence electrons. The van der Waals surface area contributed by atoms with E-state index in [2.05, 4.69) is 33.1 Å². The number of aryl methyl sites for hydroxylation is 1. The molecule has 1 aromatic carbocycles. The molecule has 1 aliphatic rings. The second kappa shape index (κ2) is 7.66. The topological polar surface area (TPSA) is 59.3 Å². The van der Waals surface area contributed by atoms with Crippen molar-refractivity contribution in [3.8, 4) is 0 Å². The second-order valence-corrected chi connectivity index (χ2v) is 6.88. The summed E-state index contributed by atoms with van der Waals surface area (Å²) in [6.45, 7) is 5.93. The lowest BCUT2D eigenvalue weighted by Crippen LogP contribution is -3.11. The van der Waals surface area contributed by atoms with Gasteiger partial charge in [0.15, 0.2) is 0 Å². The number of amides is 1. The monoisotopic (exact) mass is 331 g/mol. The molecule has 0 spiro atoms. The van der Waals surface area contributed by atoms with Crippen LogP contribution in [0.15, 0.2) is 24.3 Å². The van der Waals surface area contributed by atoms with E-state index in [1.165, 1.54) is 43.5 Å². The highest BCUT2D eigenvalue weighted by Gasteiger charge is 2.17. The molecule has 2 aromatic rings. The molecule has 1 saturated heterocycles. The van der Waals surface area contributed by atoms with Crippen LogP contribution in [0.5, 0.6) is 0 Å². The lowest BCUT2D eigenvalue weighted by atomic mass is 10.0. The predicted molar refractivity (Wildman–Crippen MR) is 90.5 cm³/mol. The number of benzene rings is 1. The summed E-state index contributed by atoms with van der Waals surface area (Å²) in [5.41, 5.74) is 3.23. The zero-order chi connectivity index (χ0) is 16.1. The maximum atomic E-state index is 12.2. The Balaban J connectivity index is 1.63. The number of nitrogens with zero attached hydrogens (tertiary/aromatic N) is 2. The quantitative estimate of drug-likeness (QED) is 0.869. The van der Waals surface area contributed by atoms with E-state index >= 15 is 0 Å². The highest BCUT2D eigenvalue weighted by atomic mass is 32.1. The molecule has 0 atom stereocenters. The zero-order valence-electron chi connectivity index (χ0n) is 13.5. The van der Waals surface area contributed by atoms with Gasteiger partial charge in [-0.15, -0.1) is 5.10 Å². The molecule has 1 fully saturated rings. The molecule has 0 radical (unpaired) electrons. The van der Waals surface area contributed by atoms with Crippen LogP contribution in [0.3, 0.4) is 0 Å². The highest BCUT2D eigenvalue weighted by Crippen LogP contribution is 2.11. The smallest absolute Gasteiger partial charge is 0.265 e. The van der Waals surface area contributed by atoms with Crippen molar-refractivity contribution in [2.75, 3.05) is 13.1 Å². The molecule has 0 saturated carbocycles. The molecular weight excluding hydrogens is 308 g/mol. The van der Waals surface area contributed by atoms with Crippen molar-refractivity contribution in [1.29, 1.82) is 0 Å². The van der Waals surface area contributed by atoms with Crippen molar-refractivity contribution in [3.05, 3.63) is 46.0 Å². The van der Waals surface area contributed by atoms with Crippen LogP contribution in [-0.2, 0) is 13.1 Å². The van der Waals surface area contributed by atoms with Crippen LogP contribution in [-0.4, -0.2) is 28.6 Å². The average Bonchev–Trinajstić information content (AvgIpc) is 3.01. The Morgan fingerprint density at radius 2 is 1.96 bits per heavy atom. The van der Waals surface area contributed by atoms with Gasteiger partial charge in [-0.25, -0.2) is 0 Å². The Bertz CT molecular complexity index is 664. The highest BCUT2D eigenvalue weighted by molar-refractivity contribution is 7.07. The van der Waals surface area contributed by atoms with Crippen molar-refractivity contribution >= 4 is 17.4 Å². The number of nitrogens with one attached hydrogen (secondary N) is 2. The minimum absolute atomic E-state index is 0.0855.